The lowest BCUT2D eigenvalue weighted by molar-refractivity contribution is -0.137. The Kier molecular flexibility index (Phi) is 13.6. The summed E-state index contributed by atoms with van der Waals surface area (Å²) in [5, 5.41) is 3.40. The number of urea groups is 2. The Morgan fingerprint density at radius 2 is 1.35 bits per heavy atom. The van der Waals surface area contributed by atoms with Crippen LogP contribution in [0.2, 0.25) is 10.0 Å². The number of rotatable bonds is 8. The summed E-state index contributed by atoms with van der Waals surface area (Å²) in [5.41, 5.74) is 0.581. The maximum Gasteiger partial charge on any atom is 0.416 e. The van der Waals surface area contributed by atoms with Crippen molar-refractivity contribution in [2.45, 2.75) is 88.4 Å². The zero-order valence-electron chi connectivity index (χ0n) is 34.0. The third-order valence-corrected chi connectivity index (χ3v) is 13.6. The lowest BCUT2D eigenvalue weighted by Gasteiger charge is -2.39. The Labute approximate surface area is 376 Å². The molecule has 0 aromatic heterocycles. The second-order valence-corrected chi connectivity index (χ2v) is 18.3. The summed E-state index contributed by atoms with van der Waals surface area (Å²) in [6, 6.07) is 20.8. The van der Waals surface area contributed by atoms with Crippen LogP contribution in [0.1, 0.15) is 85.7 Å². The molecule has 4 aliphatic rings. The molecule has 1 N–H and O–H groups in total. The van der Waals surface area contributed by atoms with Crippen LogP contribution < -0.4 is 15.1 Å². The predicted octanol–water partition coefficient (Wildman–Crippen LogP) is 12.3. The largest absolute Gasteiger partial charge is 0.416 e. The van der Waals surface area contributed by atoms with Crippen molar-refractivity contribution in [3.8, 4) is 0 Å². The van der Waals surface area contributed by atoms with E-state index in [4.69, 9.17) is 23.2 Å². The van der Waals surface area contributed by atoms with Crippen molar-refractivity contribution < 1.29 is 36.7 Å². The number of hydrogen-bond acceptors (Lipinski definition) is 4. The van der Waals surface area contributed by atoms with Crippen LogP contribution in [-0.4, -0.2) is 70.8 Å². The Bertz CT molecular complexity index is 2350. The lowest BCUT2D eigenvalue weighted by atomic mass is 9.81. The number of amides is 5. The number of halogens is 7. The Hall–Kier alpha value is -4.66. The highest BCUT2D eigenvalue weighted by Gasteiger charge is 2.52. The van der Waals surface area contributed by atoms with Gasteiger partial charge in [0.25, 0.3) is 0 Å². The van der Waals surface area contributed by atoms with Gasteiger partial charge in [0, 0.05) is 31.5 Å². The van der Waals surface area contributed by atoms with Gasteiger partial charge in [-0.05, 0) is 111 Å². The summed E-state index contributed by atoms with van der Waals surface area (Å²) in [7, 11) is 0. The Morgan fingerprint density at radius 1 is 0.742 bits per heavy atom. The molecule has 9 nitrogen and oxygen atoms in total. The molecule has 0 radical (unpaired) electrons. The number of anilines is 3. The van der Waals surface area contributed by atoms with Gasteiger partial charge in [0.05, 0.1) is 42.0 Å². The average molecular weight is 960 g/mol. The van der Waals surface area contributed by atoms with Gasteiger partial charge in [0.1, 0.15) is 12.4 Å². The van der Waals surface area contributed by atoms with E-state index in [-0.39, 0.29) is 47.3 Å². The van der Waals surface area contributed by atoms with Gasteiger partial charge in [-0.3, -0.25) is 19.4 Å². The molecule has 2 saturated carbocycles. The Balaban J connectivity index is 0.000000187. The zero-order chi connectivity index (χ0) is 44.4. The number of aryl methyl sites for hydroxylation is 1. The summed E-state index contributed by atoms with van der Waals surface area (Å²) in [4.78, 5) is 59.0. The first kappa shape index (κ1) is 45.4. The van der Waals surface area contributed by atoms with E-state index in [0.29, 0.717) is 23.7 Å². The van der Waals surface area contributed by atoms with Crippen molar-refractivity contribution in [1.82, 2.24) is 9.80 Å². The third kappa shape index (κ3) is 9.77. The van der Waals surface area contributed by atoms with Gasteiger partial charge in [-0.15, -0.1) is 0 Å². The van der Waals surface area contributed by atoms with Crippen LogP contribution >= 0.6 is 39.1 Å². The summed E-state index contributed by atoms with van der Waals surface area (Å²) >= 11 is 15.4. The Morgan fingerprint density at radius 3 is 1.97 bits per heavy atom. The molecule has 0 bridgehead atoms. The molecular weight excluding hydrogens is 913 g/mol. The highest BCUT2D eigenvalue weighted by Crippen LogP contribution is 2.43. The van der Waals surface area contributed by atoms with Gasteiger partial charge in [0.2, 0.25) is 5.91 Å². The number of nitrogens with zero attached hydrogens (tertiary/aromatic N) is 4. The molecular formula is C46H46BrCl2F4N5O4. The molecule has 0 atom stereocenters. The maximum atomic E-state index is 14.6. The van der Waals surface area contributed by atoms with E-state index in [1.807, 2.05) is 31.2 Å². The maximum absolute atomic E-state index is 14.6. The molecule has 2 saturated heterocycles. The lowest BCUT2D eigenvalue weighted by Crippen LogP contribution is -2.51. The molecule has 2 aliphatic carbocycles. The smallest absolute Gasteiger partial charge is 0.325 e. The molecule has 2 spiro atoms. The van der Waals surface area contributed by atoms with Crippen molar-refractivity contribution >= 4 is 79.9 Å². The van der Waals surface area contributed by atoms with Gasteiger partial charge < -0.3 is 15.1 Å². The summed E-state index contributed by atoms with van der Waals surface area (Å²) in [6.45, 7) is 2.45. The molecule has 4 fully saturated rings. The van der Waals surface area contributed by atoms with E-state index < -0.39 is 34.5 Å². The highest BCUT2D eigenvalue weighted by atomic mass is 79.9. The topological polar surface area (TPSA) is 93.3 Å². The SMILES string of the molecule is Cc1cc(C(=O)CN2C(=O)N(c3ccc(Cl)cc3F)CC23CCCCC3)ccc1Cl.O=C(CN1C(=O)N(c2cccc(Br)c2)CC12CCCCC2)Nc1cccc(C(F)(F)F)c1. The monoisotopic (exact) mass is 957 g/mol. The normalized spacial score (nSPS) is 18.3. The minimum absolute atomic E-state index is 0.0361. The molecule has 16 heteroatoms. The first-order valence-electron chi connectivity index (χ1n) is 20.6. The molecule has 328 valence electrons. The molecule has 4 aromatic carbocycles. The van der Waals surface area contributed by atoms with E-state index in [2.05, 4.69) is 21.2 Å². The van der Waals surface area contributed by atoms with Crippen LogP contribution in [0.4, 0.5) is 44.2 Å². The van der Waals surface area contributed by atoms with Gasteiger partial charge >= 0.3 is 18.2 Å². The van der Waals surface area contributed by atoms with E-state index in [1.54, 1.807) is 39.0 Å². The van der Waals surface area contributed by atoms with E-state index >= 15 is 0 Å². The summed E-state index contributed by atoms with van der Waals surface area (Å²) < 4.78 is 54.4. The van der Waals surface area contributed by atoms with Gasteiger partial charge in [0.15, 0.2) is 5.78 Å². The number of ketones is 1. The quantitative estimate of drug-likeness (QED) is 0.141. The van der Waals surface area contributed by atoms with E-state index in [9.17, 15) is 36.7 Å². The summed E-state index contributed by atoms with van der Waals surface area (Å²) in [5.74, 6) is -1.20. The second kappa shape index (κ2) is 18.6. The van der Waals surface area contributed by atoms with Crippen molar-refractivity contribution in [3.05, 3.63) is 122 Å². The number of carbonyl (C=O) groups is 4. The number of alkyl halides is 3. The molecule has 4 aromatic rings. The van der Waals surface area contributed by atoms with Crippen LogP contribution in [0.3, 0.4) is 0 Å². The first-order valence-corrected chi connectivity index (χ1v) is 22.2. The third-order valence-electron chi connectivity index (χ3n) is 12.4. The number of hydrogen-bond donors (Lipinski definition) is 1. The fourth-order valence-corrected chi connectivity index (χ4v) is 9.91. The van der Waals surface area contributed by atoms with Gasteiger partial charge in [-0.25, -0.2) is 14.0 Å². The van der Waals surface area contributed by atoms with Gasteiger partial charge in [-0.1, -0.05) is 89.8 Å². The second-order valence-electron chi connectivity index (χ2n) is 16.6. The fraction of sp³-hybridized carbons (Fsp3) is 0.391. The number of Topliss-reactive ketones (excluding diaryl/α,β-unsaturated/α-hetero) is 1. The predicted molar refractivity (Wildman–Crippen MR) is 237 cm³/mol. The van der Waals surface area contributed by atoms with Crippen molar-refractivity contribution in [1.29, 1.82) is 0 Å². The van der Waals surface area contributed by atoms with Crippen LogP contribution in [0.15, 0.2) is 89.4 Å². The zero-order valence-corrected chi connectivity index (χ0v) is 37.1. The molecule has 62 heavy (non-hydrogen) atoms. The standard InChI is InChI=1S/C23H23BrF3N3O2.C23H23Cl2FN2O2/c24-17-7-5-9-19(13-17)29-15-22(10-2-1-3-11-22)30(21(29)32)14-20(31)28-18-8-4-6-16(12-18)23(25,26)27;1-15-11-16(5-7-18(15)25)21(29)13-28-22(30)27(14-23(28)9-3-2-4-10-23)20-8-6-17(24)12-19(20)26/h4-9,12-13H,1-3,10-11,14-15H2,(H,28,31);5-8,11-12H,2-4,9-10,13-14H2,1H3. The molecule has 5 amide bonds. The van der Waals surface area contributed by atoms with Crippen LogP contribution in [0.5, 0.6) is 0 Å². The average Bonchev–Trinajstić information content (AvgIpc) is 3.64. The van der Waals surface area contributed by atoms with Crippen LogP contribution in [-0.2, 0) is 11.0 Å². The summed E-state index contributed by atoms with van der Waals surface area (Å²) in [6.07, 6.45) is 4.76. The fourth-order valence-electron chi connectivity index (χ4n) is 9.24. The number of nitrogens with one attached hydrogen (secondary N) is 1. The minimum atomic E-state index is -4.50. The van der Waals surface area contributed by atoms with E-state index in [1.165, 1.54) is 29.2 Å². The first-order chi connectivity index (χ1) is 29.5. The molecule has 0 unspecified atom stereocenters. The number of benzene rings is 4. The van der Waals surface area contributed by atoms with Gasteiger partial charge in [-0.2, -0.15) is 13.2 Å². The van der Waals surface area contributed by atoms with Crippen LogP contribution in [0, 0.1) is 12.7 Å². The van der Waals surface area contributed by atoms with E-state index in [0.717, 1.165) is 92.1 Å². The molecule has 8 rings (SSSR count). The number of carbonyl (C=O) groups excluding carboxylic acids is 4. The van der Waals surface area contributed by atoms with Crippen molar-refractivity contribution in [2.75, 3.05) is 41.3 Å². The highest BCUT2D eigenvalue weighted by molar-refractivity contribution is 9.10. The van der Waals surface area contributed by atoms with Crippen molar-refractivity contribution in [3.63, 3.8) is 0 Å². The van der Waals surface area contributed by atoms with Crippen molar-refractivity contribution in [2.24, 2.45) is 0 Å². The molecule has 2 aliphatic heterocycles. The molecule has 2 heterocycles. The minimum Gasteiger partial charge on any atom is -0.325 e. The van der Waals surface area contributed by atoms with Crippen LogP contribution in [0.25, 0.3) is 0 Å².